The first-order valence-corrected chi connectivity index (χ1v) is 8.67. The Morgan fingerprint density at radius 1 is 1.03 bits per heavy atom. The van der Waals surface area contributed by atoms with E-state index in [2.05, 4.69) is 19.9 Å². The molecule has 4 rings (SSSR count). The van der Waals surface area contributed by atoms with Crippen molar-refractivity contribution >= 4 is 17.0 Å². The second kappa shape index (κ2) is 7.38. The Morgan fingerprint density at radius 2 is 1.86 bits per heavy atom. The molecule has 0 unspecified atom stereocenters. The lowest BCUT2D eigenvalue weighted by molar-refractivity contribution is 0.314. The van der Waals surface area contributed by atoms with Gasteiger partial charge in [0.1, 0.15) is 23.3 Å². The molecule has 3 aromatic heterocycles. The lowest BCUT2D eigenvalue weighted by atomic mass is 10.2. The van der Waals surface area contributed by atoms with Gasteiger partial charge in [-0.3, -0.25) is 4.98 Å². The zero-order chi connectivity index (χ0) is 20.5. The van der Waals surface area contributed by atoms with Crippen LogP contribution in [0.3, 0.4) is 0 Å². The Labute approximate surface area is 163 Å². The second-order valence-corrected chi connectivity index (χ2v) is 6.15. The average Bonchev–Trinajstić information content (AvgIpc) is 3.04. The van der Waals surface area contributed by atoms with Gasteiger partial charge in [-0.15, -0.1) is 0 Å². The summed E-state index contributed by atoms with van der Waals surface area (Å²) in [6.07, 6.45) is 2.44. The smallest absolute Gasteiger partial charge is 0.320 e. The van der Waals surface area contributed by atoms with Gasteiger partial charge in [0.15, 0.2) is 17.0 Å². The van der Waals surface area contributed by atoms with Crippen LogP contribution < -0.4 is 10.5 Å². The number of rotatable bonds is 5. The maximum atomic E-state index is 14.3. The molecule has 1 aromatic carbocycles. The summed E-state index contributed by atoms with van der Waals surface area (Å²) in [6.45, 7) is 1.93. The number of nitrogens with two attached hydrogens (primary N) is 1. The first kappa shape index (κ1) is 18.7. The molecule has 0 radical (unpaired) electrons. The summed E-state index contributed by atoms with van der Waals surface area (Å²) in [5.41, 5.74) is 6.84. The number of nitrogens with zero attached hydrogens (tertiary/aromatic N) is 5. The molecule has 0 spiro atoms. The number of hydrogen-bond donors (Lipinski definition) is 1. The topological polar surface area (TPSA) is 91.7 Å². The van der Waals surface area contributed by atoms with Crippen molar-refractivity contribution in [1.82, 2.24) is 24.5 Å². The second-order valence-electron chi connectivity index (χ2n) is 6.15. The highest BCUT2D eigenvalue weighted by Gasteiger charge is 2.20. The van der Waals surface area contributed by atoms with Crippen molar-refractivity contribution in [3.63, 3.8) is 0 Å². The number of imidazole rings is 1. The zero-order valence-electron chi connectivity index (χ0n) is 15.2. The number of benzene rings is 1. The van der Waals surface area contributed by atoms with E-state index in [4.69, 9.17) is 10.5 Å². The van der Waals surface area contributed by atoms with Crippen molar-refractivity contribution in [1.29, 1.82) is 0 Å². The molecule has 0 atom stereocenters. The highest BCUT2D eigenvalue weighted by Crippen LogP contribution is 2.29. The summed E-state index contributed by atoms with van der Waals surface area (Å²) < 4.78 is 48.5. The number of aromatic nitrogens is 5. The van der Waals surface area contributed by atoms with Gasteiger partial charge in [0, 0.05) is 17.3 Å². The predicted molar refractivity (Wildman–Crippen MR) is 99.6 cm³/mol. The summed E-state index contributed by atoms with van der Waals surface area (Å²) in [7, 11) is 0. The van der Waals surface area contributed by atoms with Crippen LogP contribution in [-0.2, 0) is 6.54 Å². The maximum absolute atomic E-state index is 14.3. The van der Waals surface area contributed by atoms with Gasteiger partial charge >= 0.3 is 6.01 Å². The number of hydrogen-bond acceptors (Lipinski definition) is 6. The SMILES string of the molecule is CCOc1nc(N)c2nc(-c3cncc(F)c3)n(Cc3cc(F)ccc3F)c2n1. The van der Waals surface area contributed by atoms with Gasteiger partial charge in [0.25, 0.3) is 0 Å². The van der Waals surface area contributed by atoms with Crippen molar-refractivity contribution in [2.75, 3.05) is 12.3 Å². The molecule has 2 N–H and O–H groups in total. The first-order valence-electron chi connectivity index (χ1n) is 8.67. The monoisotopic (exact) mass is 400 g/mol. The van der Waals surface area contributed by atoms with Gasteiger partial charge in [0.05, 0.1) is 19.3 Å². The number of fused-ring (bicyclic) bond motifs is 1. The Balaban J connectivity index is 1.97. The third-order valence-corrected chi connectivity index (χ3v) is 4.17. The Kier molecular flexibility index (Phi) is 4.75. The Morgan fingerprint density at radius 3 is 2.62 bits per heavy atom. The molecule has 148 valence electrons. The molecule has 10 heteroatoms. The Bertz CT molecular complexity index is 1210. The molecule has 0 bridgehead atoms. The summed E-state index contributed by atoms with van der Waals surface area (Å²) in [5, 5.41) is 0. The van der Waals surface area contributed by atoms with Crippen LogP contribution in [0.2, 0.25) is 0 Å². The van der Waals surface area contributed by atoms with Gasteiger partial charge in [-0.1, -0.05) is 0 Å². The summed E-state index contributed by atoms with van der Waals surface area (Å²) in [5.74, 6) is -1.51. The highest BCUT2D eigenvalue weighted by atomic mass is 19.1. The fourth-order valence-electron chi connectivity index (χ4n) is 2.93. The first-order chi connectivity index (χ1) is 14.0. The van der Waals surface area contributed by atoms with E-state index in [-0.39, 0.29) is 40.9 Å². The number of nitrogen functional groups attached to an aromatic ring is 1. The normalized spacial score (nSPS) is 11.2. The summed E-state index contributed by atoms with van der Waals surface area (Å²) in [4.78, 5) is 16.6. The van der Waals surface area contributed by atoms with E-state index in [0.29, 0.717) is 12.2 Å². The number of ether oxygens (including phenoxy) is 1. The van der Waals surface area contributed by atoms with Gasteiger partial charge in [-0.05, 0) is 31.2 Å². The lowest BCUT2D eigenvalue weighted by Gasteiger charge is -2.10. The summed E-state index contributed by atoms with van der Waals surface area (Å²) >= 11 is 0. The molecule has 0 saturated carbocycles. The minimum Gasteiger partial charge on any atom is -0.464 e. The van der Waals surface area contributed by atoms with Crippen LogP contribution in [0.25, 0.3) is 22.6 Å². The van der Waals surface area contributed by atoms with E-state index in [1.807, 2.05) is 0 Å². The van der Waals surface area contributed by atoms with E-state index in [1.54, 1.807) is 6.92 Å². The van der Waals surface area contributed by atoms with E-state index in [9.17, 15) is 13.2 Å². The van der Waals surface area contributed by atoms with E-state index >= 15 is 0 Å². The quantitative estimate of drug-likeness (QED) is 0.553. The van der Waals surface area contributed by atoms with E-state index < -0.39 is 17.5 Å². The standard InChI is InChI=1S/C19H15F3N6O/c1-2-29-19-26-16(23)15-18(27-19)28(9-11-6-12(20)3-4-14(11)22)17(25-15)10-5-13(21)8-24-7-10/h3-8H,2,9H2,1H3,(H2,23,26,27). The molecule has 29 heavy (non-hydrogen) atoms. The number of pyridine rings is 1. The van der Waals surface area contributed by atoms with E-state index in [0.717, 1.165) is 24.4 Å². The molecule has 0 aliphatic carbocycles. The van der Waals surface area contributed by atoms with Gasteiger partial charge in [-0.25, -0.2) is 18.2 Å². The van der Waals surface area contributed by atoms with Gasteiger partial charge < -0.3 is 15.0 Å². The molecule has 3 heterocycles. The molecule has 0 saturated heterocycles. The average molecular weight is 400 g/mol. The zero-order valence-corrected chi connectivity index (χ0v) is 15.2. The third-order valence-electron chi connectivity index (χ3n) is 4.17. The van der Waals surface area contributed by atoms with Crippen LogP contribution in [0.4, 0.5) is 19.0 Å². The fraction of sp³-hybridized carbons (Fsp3) is 0.158. The van der Waals surface area contributed by atoms with Crippen molar-refractivity contribution < 1.29 is 17.9 Å². The molecule has 7 nitrogen and oxygen atoms in total. The minimum atomic E-state index is -0.608. The predicted octanol–water partition coefficient (Wildman–Crippen LogP) is 3.33. The highest BCUT2D eigenvalue weighted by molar-refractivity contribution is 5.85. The molecule has 0 aliphatic rings. The Hall–Kier alpha value is -3.69. The maximum Gasteiger partial charge on any atom is 0.320 e. The van der Waals surface area contributed by atoms with Crippen molar-refractivity contribution in [2.45, 2.75) is 13.5 Å². The lowest BCUT2D eigenvalue weighted by Crippen LogP contribution is -2.07. The molecule has 4 aromatic rings. The van der Waals surface area contributed by atoms with Crippen LogP contribution in [-0.4, -0.2) is 31.1 Å². The number of anilines is 1. The fourth-order valence-corrected chi connectivity index (χ4v) is 2.93. The minimum absolute atomic E-state index is 0.0160. The van der Waals surface area contributed by atoms with Crippen LogP contribution in [0.1, 0.15) is 12.5 Å². The van der Waals surface area contributed by atoms with Crippen LogP contribution in [0, 0.1) is 17.5 Å². The van der Waals surface area contributed by atoms with Crippen LogP contribution >= 0.6 is 0 Å². The largest absolute Gasteiger partial charge is 0.464 e. The van der Waals surface area contributed by atoms with Crippen molar-refractivity contribution in [3.05, 3.63) is 59.7 Å². The summed E-state index contributed by atoms with van der Waals surface area (Å²) in [6, 6.07) is 4.36. The van der Waals surface area contributed by atoms with Crippen molar-refractivity contribution in [2.24, 2.45) is 0 Å². The molecule has 0 fully saturated rings. The van der Waals surface area contributed by atoms with Crippen molar-refractivity contribution in [3.8, 4) is 17.4 Å². The molecular formula is C19H15F3N6O. The molecule has 0 amide bonds. The van der Waals surface area contributed by atoms with Crippen LogP contribution in [0.5, 0.6) is 6.01 Å². The van der Waals surface area contributed by atoms with Gasteiger partial charge in [-0.2, -0.15) is 9.97 Å². The third kappa shape index (κ3) is 3.56. The molecule has 0 aliphatic heterocycles. The van der Waals surface area contributed by atoms with Crippen LogP contribution in [0.15, 0.2) is 36.7 Å². The van der Waals surface area contributed by atoms with E-state index in [1.165, 1.54) is 16.8 Å². The molecular weight excluding hydrogens is 385 g/mol. The van der Waals surface area contributed by atoms with Gasteiger partial charge in [0.2, 0.25) is 0 Å². The number of halogens is 3.